The molecule has 1 aromatic heterocycles. The van der Waals surface area contributed by atoms with Crippen molar-refractivity contribution in [1.82, 2.24) is 5.32 Å². The van der Waals surface area contributed by atoms with Crippen LogP contribution in [0, 0.1) is 0 Å². The molecule has 5 nitrogen and oxygen atoms in total. The molecule has 1 amide bonds. The van der Waals surface area contributed by atoms with E-state index in [2.05, 4.69) is 5.32 Å². The quantitative estimate of drug-likeness (QED) is 0.798. The van der Waals surface area contributed by atoms with E-state index < -0.39 is 9.84 Å². The number of hydrogen-bond donors (Lipinski definition) is 1. The molecule has 26 heavy (non-hydrogen) atoms. The van der Waals surface area contributed by atoms with Crippen molar-refractivity contribution >= 4 is 27.3 Å². The first-order valence-corrected chi connectivity index (χ1v) is 11.0. The molecule has 1 saturated carbocycles. The normalized spacial score (nSPS) is 15.7. The molecule has 0 spiro atoms. The van der Waals surface area contributed by atoms with Crippen molar-refractivity contribution in [3.63, 3.8) is 0 Å². The van der Waals surface area contributed by atoms with Crippen LogP contribution in [0.15, 0.2) is 40.8 Å². The largest absolute Gasteiger partial charge is 0.455 e. The summed E-state index contributed by atoms with van der Waals surface area (Å²) in [5, 5.41) is 3.38. The number of hydrogen-bond acceptors (Lipinski definition) is 4. The monoisotopic (exact) mass is 395 g/mol. The Labute approximate surface area is 158 Å². The van der Waals surface area contributed by atoms with Crippen molar-refractivity contribution in [3.05, 3.63) is 58.5 Å². The maximum Gasteiger partial charge on any atom is 0.287 e. The van der Waals surface area contributed by atoms with Crippen LogP contribution in [0.1, 0.15) is 54.0 Å². The van der Waals surface area contributed by atoms with Gasteiger partial charge < -0.3 is 9.73 Å². The number of amides is 1. The molecule has 1 aliphatic rings. The molecule has 1 aromatic carbocycles. The summed E-state index contributed by atoms with van der Waals surface area (Å²) in [6.07, 6.45) is 5.40. The number of rotatable bonds is 6. The summed E-state index contributed by atoms with van der Waals surface area (Å²) in [4.78, 5) is 12.3. The summed E-state index contributed by atoms with van der Waals surface area (Å²) in [6, 6.07) is 10.1. The Balaban J connectivity index is 1.62. The molecule has 1 N–H and O–H groups in total. The van der Waals surface area contributed by atoms with Crippen LogP contribution in [0.5, 0.6) is 0 Å². The number of benzene rings is 1. The minimum atomic E-state index is -3.46. The van der Waals surface area contributed by atoms with E-state index in [1.165, 1.54) is 12.5 Å². The molecule has 1 aliphatic carbocycles. The predicted octanol–water partition coefficient (Wildman–Crippen LogP) is 4.11. The molecule has 1 heterocycles. The molecular formula is C19H22ClNO4S. The number of furan rings is 1. The number of sulfone groups is 1. The van der Waals surface area contributed by atoms with Crippen LogP contribution in [0.3, 0.4) is 0 Å². The first kappa shape index (κ1) is 19.0. The summed E-state index contributed by atoms with van der Waals surface area (Å²) in [5.74, 6) is -0.317. The predicted molar refractivity (Wildman–Crippen MR) is 101 cm³/mol. The molecule has 0 atom stereocenters. The Hall–Kier alpha value is -1.79. The highest BCUT2D eigenvalue weighted by molar-refractivity contribution is 7.89. The molecule has 0 radical (unpaired) electrons. The van der Waals surface area contributed by atoms with E-state index in [9.17, 15) is 13.2 Å². The standard InChI is InChI=1S/C19H22ClNO4S/c20-17-9-5-4-6-14(17)12-26(23,24)13-16-10-11-18(25-16)19(22)21-15-7-2-1-3-8-15/h4-6,9-11,15H,1-3,7-8,12-13H2,(H,21,22). The van der Waals surface area contributed by atoms with Crippen LogP contribution in [0.4, 0.5) is 0 Å². The molecule has 0 saturated heterocycles. The molecule has 0 aliphatic heterocycles. The van der Waals surface area contributed by atoms with Crippen molar-refractivity contribution in [1.29, 1.82) is 0 Å². The van der Waals surface area contributed by atoms with Crippen molar-refractivity contribution in [2.75, 3.05) is 0 Å². The Morgan fingerprint density at radius 3 is 2.54 bits per heavy atom. The number of nitrogens with one attached hydrogen (secondary N) is 1. The highest BCUT2D eigenvalue weighted by atomic mass is 35.5. The van der Waals surface area contributed by atoms with Crippen LogP contribution in [0.25, 0.3) is 0 Å². The van der Waals surface area contributed by atoms with E-state index in [1.807, 2.05) is 0 Å². The van der Waals surface area contributed by atoms with Gasteiger partial charge in [-0.15, -0.1) is 0 Å². The van der Waals surface area contributed by atoms with E-state index in [1.54, 1.807) is 30.3 Å². The molecule has 0 unspecified atom stereocenters. The van der Waals surface area contributed by atoms with Gasteiger partial charge in [0, 0.05) is 11.1 Å². The van der Waals surface area contributed by atoms with Crippen LogP contribution in [-0.2, 0) is 21.3 Å². The van der Waals surface area contributed by atoms with Crippen LogP contribution >= 0.6 is 11.6 Å². The lowest BCUT2D eigenvalue weighted by Crippen LogP contribution is -2.35. The van der Waals surface area contributed by atoms with Gasteiger partial charge in [0.15, 0.2) is 15.6 Å². The summed E-state index contributed by atoms with van der Waals surface area (Å²) in [5.41, 5.74) is 0.552. The zero-order chi connectivity index (χ0) is 18.6. The smallest absolute Gasteiger partial charge is 0.287 e. The summed E-state index contributed by atoms with van der Waals surface area (Å²) in [7, 11) is -3.46. The van der Waals surface area contributed by atoms with Crippen LogP contribution in [0.2, 0.25) is 5.02 Å². The second-order valence-electron chi connectivity index (χ2n) is 6.70. The Morgan fingerprint density at radius 2 is 1.81 bits per heavy atom. The fraction of sp³-hybridized carbons (Fsp3) is 0.421. The average Bonchev–Trinajstić information content (AvgIpc) is 3.05. The van der Waals surface area contributed by atoms with Gasteiger partial charge in [0.05, 0.1) is 5.75 Å². The second kappa shape index (κ2) is 8.27. The van der Waals surface area contributed by atoms with Crippen LogP contribution < -0.4 is 5.32 Å². The van der Waals surface area contributed by atoms with Gasteiger partial charge in [-0.2, -0.15) is 0 Å². The fourth-order valence-corrected chi connectivity index (χ4v) is 4.90. The third-order valence-corrected chi connectivity index (χ3v) is 6.37. The van der Waals surface area contributed by atoms with Gasteiger partial charge >= 0.3 is 0 Å². The lowest BCUT2D eigenvalue weighted by Gasteiger charge is -2.22. The van der Waals surface area contributed by atoms with Gasteiger partial charge in [-0.05, 0) is 36.6 Å². The Morgan fingerprint density at radius 1 is 1.08 bits per heavy atom. The topological polar surface area (TPSA) is 76.4 Å². The van der Waals surface area contributed by atoms with Gasteiger partial charge in [-0.3, -0.25) is 4.79 Å². The molecule has 1 fully saturated rings. The van der Waals surface area contributed by atoms with Gasteiger partial charge in [0.2, 0.25) is 0 Å². The molecule has 7 heteroatoms. The lowest BCUT2D eigenvalue weighted by atomic mass is 9.95. The second-order valence-corrected chi connectivity index (χ2v) is 9.17. The molecular weight excluding hydrogens is 374 g/mol. The van der Waals surface area contributed by atoms with Gasteiger partial charge in [0.25, 0.3) is 5.91 Å². The Bertz CT molecular complexity index is 869. The minimum absolute atomic E-state index is 0.151. The molecule has 2 aromatic rings. The van der Waals surface area contributed by atoms with E-state index >= 15 is 0 Å². The summed E-state index contributed by atoms with van der Waals surface area (Å²) < 4.78 is 30.3. The zero-order valence-corrected chi connectivity index (χ0v) is 16.0. The van der Waals surface area contributed by atoms with E-state index in [0.717, 1.165) is 25.7 Å². The summed E-state index contributed by atoms with van der Waals surface area (Å²) >= 11 is 6.03. The third kappa shape index (κ3) is 5.11. The number of halogens is 1. The van der Waals surface area contributed by atoms with E-state index in [4.69, 9.17) is 16.0 Å². The minimum Gasteiger partial charge on any atom is -0.455 e. The SMILES string of the molecule is O=C(NC1CCCCC1)c1ccc(CS(=O)(=O)Cc2ccccc2Cl)o1. The molecule has 3 rings (SSSR count). The van der Waals surface area contributed by atoms with Gasteiger partial charge in [-0.1, -0.05) is 49.1 Å². The van der Waals surface area contributed by atoms with Crippen molar-refractivity contribution in [3.8, 4) is 0 Å². The molecule has 0 bridgehead atoms. The number of carbonyl (C=O) groups is 1. The zero-order valence-electron chi connectivity index (χ0n) is 14.4. The Kier molecular flexibility index (Phi) is 6.04. The third-order valence-electron chi connectivity index (χ3n) is 4.52. The number of carbonyl (C=O) groups excluding carboxylic acids is 1. The van der Waals surface area contributed by atoms with E-state index in [0.29, 0.717) is 10.6 Å². The van der Waals surface area contributed by atoms with Crippen molar-refractivity contribution in [2.45, 2.75) is 49.7 Å². The van der Waals surface area contributed by atoms with Crippen molar-refractivity contribution < 1.29 is 17.6 Å². The average molecular weight is 396 g/mol. The maximum atomic E-state index is 12.4. The highest BCUT2D eigenvalue weighted by Gasteiger charge is 2.21. The van der Waals surface area contributed by atoms with Crippen LogP contribution in [-0.4, -0.2) is 20.4 Å². The first-order valence-electron chi connectivity index (χ1n) is 8.76. The van der Waals surface area contributed by atoms with Gasteiger partial charge in [0.1, 0.15) is 11.5 Å². The van der Waals surface area contributed by atoms with E-state index in [-0.39, 0.29) is 35.0 Å². The fourth-order valence-electron chi connectivity index (χ4n) is 3.20. The lowest BCUT2D eigenvalue weighted by molar-refractivity contribution is 0.0898. The van der Waals surface area contributed by atoms with Crippen molar-refractivity contribution in [2.24, 2.45) is 0 Å². The molecule has 140 valence electrons. The highest BCUT2D eigenvalue weighted by Crippen LogP contribution is 2.21. The first-order chi connectivity index (χ1) is 12.4. The van der Waals surface area contributed by atoms with Gasteiger partial charge in [-0.25, -0.2) is 8.42 Å². The summed E-state index contributed by atoms with van der Waals surface area (Å²) in [6.45, 7) is 0. The maximum absolute atomic E-state index is 12.4.